The van der Waals surface area contributed by atoms with E-state index < -0.39 is 5.97 Å². The van der Waals surface area contributed by atoms with E-state index in [1.54, 1.807) is 23.1 Å². The van der Waals surface area contributed by atoms with Gasteiger partial charge >= 0.3 is 5.97 Å². The average Bonchev–Trinajstić information content (AvgIpc) is 2.80. The summed E-state index contributed by atoms with van der Waals surface area (Å²) in [7, 11) is 1.46. The molecule has 26 heavy (non-hydrogen) atoms. The van der Waals surface area contributed by atoms with Crippen molar-refractivity contribution in [2.24, 2.45) is 5.10 Å². The fraction of sp³-hybridized carbons (Fsp3) is 0.444. The highest BCUT2D eigenvalue weighted by molar-refractivity contribution is 5.86. The number of likely N-dealkylation sites (tertiary alicyclic amines) is 1. The van der Waals surface area contributed by atoms with Crippen LogP contribution < -0.4 is 14.9 Å². The van der Waals surface area contributed by atoms with Crippen LogP contribution in [0.25, 0.3) is 0 Å². The molecule has 1 N–H and O–H groups in total. The lowest BCUT2D eigenvalue weighted by atomic mass is 10.2. The van der Waals surface area contributed by atoms with Gasteiger partial charge in [0.25, 0.3) is 5.91 Å². The largest absolute Gasteiger partial charge is 0.493 e. The van der Waals surface area contributed by atoms with Crippen LogP contribution in [-0.4, -0.2) is 49.1 Å². The first kappa shape index (κ1) is 19.4. The maximum atomic E-state index is 12.0. The molecule has 8 nitrogen and oxygen atoms in total. The van der Waals surface area contributed by atoms with Crippen molar-refractivity contribution in [1.82, 2.24) is 10.3 Å². The third-order valence-corrected chi connectivity index (χ3v) is 3.85. The number of amides is 2. The van der Waals surface area contributed by atoms with E-state index in [2.05, 4.69) is 10.5 Å². The van der Waals surface area contributed by atoms with Gasteiger partial charge in [0.2, 0.25) is 5.91 Å². The Hall–Kier alpha value is -2.90. The molecule has 0 radical (unpaired) electrons. The van der Waals surface area contributed by atoms with E-state index in [0.717, 1.165) is 19.3 Å². The smallest absolute Gasteiger partial charge is 0.308 e. The van der Waals surface area contributed by atoms with Crippen LogP contribution >= 0.6 is 0 Å². The van der Waals surface area contributed by atoms with Crippen LogP contribution in [0.4, 0.5) is 0 Å². The molecule has 0 aliphatic carbocycles. The molecule has 1 fully saturated rings. The molecule has 1 aromatic carbocycles. The molecule has 0 aromatic heterocycles. The number of carbonyl (C=O) groups excluding carboxylic acids is 3. The molecule has 1 aromatic rings. The van der Waals surface area contributed by atoms with E-state index in [1.165, 1.54) is 20.2 Å². The second-order valence-electron chi connectivity index (χ2n) is 5.92. The molecule has 1 aliphatic heterocycles. The lowest BCUT2D eigenvalue weighted by Crippen LogP contribution is -2.39. The number of nitrogens with zero attached hydrogens (tertiary/aromatic N) is 2. The van der Waals surface area contributed by atoms with Gasteiger partial charge in [-0.05, 0) is 36.6 Å². The molecule has 1 heterocycles. The molecule has 0 bridgehead atoms. The number of hydrogen-bond donors (Lipinski definition) is 1. The minimum Gasteiger partial charge on any atom is -0.493 e. The van der Waals surface area contributed by atoms with E-state index in [1.807, 2.05) is 0 Å². The summed E-state index contributed by atoms with van der Waals surface area (Å²) < 4.78 is 10.2. The minimum atomic E-state index is -0.444. The molecule has 0 spiro atoms. The quantitative estimate of drug-likeness (QED) is 0.358. The van der Waals surface area contributed by atoms with E-state index in [0.29, 0.717) is 30.0 Å². The summed E-state index contributed by atoms with van der Waals surface area (Å²) in [6.07, 6.45) is 4.73. The van der Waals surface area contributed by atoms with Crippen molar-refractivity contribution in [3.63, 3.8) is 0 Å². The Kier molecular flexibility index (Phi) is 7.13. The Morgan fingerprint density at radius 2 is 2.08 bits per heavy atom. The van der Waals surface area contributed by atoms with Gasteiger partial charge in [0.1, 0.15) is 6.54 Å². The van der Waals surface area contributed by atoms with E-state index in [-0.39, 0.29) is 18.4 Å². The Labute approximate surface area is 152 Å². The first-order valence-corrected chi connectivity index (χ1v) is 8.45. The van der Waals surface area contributed by atoms with Gasteiger partial charge in [-0.1, -0.05) is 6.42 Å². The van der Waals surface area contributed by atoms with Crippen LogP contribution in [0.2, 0.25) is 0 Å². The Bertz CT molecular complexity index is 702. The predicted octanol–water partition coefficient (Wildman–Crippen LogP) is 1.47. The topological polar surface area (TPSA) is 97.3 Å². The van der Waals surface area contributed by atoms with Gasteiger partial charge in [-0.25, -0.2) is 5.43 Å². The summed E-state index contributed by atoms with van der Waals surface area (Å²) in [5.41, 5.74) is 3.07. The molecule has 2 amide bonds. The van der Waals surface area contributed by atoms with E-state index >= 15 is 0 Å². The zero-order valence-corrected chi connectivity index (χ0v) is 15.0. The third-order valence-electron chi connectivity index (χ3n) is 3.85. The number of nitrogens with one attached hydrogen (secondary N) is 1. The number of hydrogen-bond acceptors (Lipinski definition) is 6. The minimum absolute atomic E-state index is 0.00485. The number of hydrazone groups is 1. The van der Waals surface area contributed by atoms with Crippen LogP contribution in [-0.2, 0) is 14.4 Å². The average molecular weight is 361 g/mol. The number of esters is 1. The Balaban J connectivity index is 1.91. The van der Waals surface area contributed by atoms with Crippen LogP contribution in [0.15, 0.2) is 23.3 Å². The molecule has 8 heteroatoms. The highest BCUT2D eigenvalue weighted by atomic mass is 16.6. The van der Waals surface area contributed by atoms with Crippen LogP contribution in [0.5, 0.6) is 11.5 Å². The van der Waals surface area contributed by atoms with Crippen molar-refractivity contribution in [3.8, 4) is 11.5 Å². The lowest BCUT2D eigenvalue weighted by molar-refractivity contribution is -0.135. The second kappa shape index (κ2) is 9.55. The van der Waals surface area contributed by atoms with Gasteiger partial charge in [-0.15, -0.1) is 0 Å². The van der Waals surface area contributed by atoms with Gasteiger partial charge in [0, 0.05) is 19.9 Å². The maximum Gasteiger partial charge on any atom is 0.308 e. The standard InChI is InChI=1S/C18H23N3O5/c1-13(22)26-15-8-7-14(10-16(15)25-2)11-19-20-17(23)12-21-9-5-3-4-6-18(21)24/h7-8,10-11H,3-6,9,12H2,1-2H3,(H,20,23)/b19-11-. The van der Waals surface area contributed by atoms with Crippen molar-refractivity contribution in [1.29, 1.82) is 0 Å². The summed E-state index contributed by atoms with van der Waals surface area (Å²) in [6, 6.07) is 4.89. The maximum absolute atomic E-state index is 12.0. The van der Waals surface area contributed by atoms with Gasteiger partial charge in [-0.3, -0.25) is 14.4 Å². The number of ether oxygens (including phenoxy) is 2. The molecular weight excluding hydrogens is 338 g/mol. The third kappa shape index (κ3) is 5.87. The summed E-state index contributed by atoms with van der Waals surface area (Å²) in [5, 5.41) is 3.90. The van der Waals surface area contributed by atoms with Gasteiger partial charge < -0.3 is 14.4 Å². The molecule has 0 unspecified atom stereocenters. The Morgan fingerprint density at radius 3 is 2.81 bits per heavy atom. The molecule has 0 atom stereocenters. The molecule has 140 valence electrons. The van der Waals surface area contributed by atoms with Crippen molar-refractivity contribution >= 4 is 24.0 Å². The lowest BCUT2D eigenvalue weighted by Gasteiger charge is -2.18. The van der Waals surface area contributed by atoms with Gasteiger partial charge in [-0.2, -0.15) is 5.10 Å². The Morgan fingerprint density at radius 1 is 1.27 bits per heavy atom. The zero-order chi connectivity index (χ0) is 18.9. The highest BCUT2D eigenvalue weighted by Gasteiger charge is 2.18. The molecule has 1 aliphatic rings. The SMILES string of the molecule is COc1cc(/C=N\NC(=O)CN2CCCCCC2=O)ccc1OC(C)=O. The number of carbonyl (C=O) groups is 3. The number of methoxy groups -OCH3 is 1. The number of rotatable bonds is 6. The first-order chi connectivity index (χ1) is 12.5. The predicted molar refractivity (Wildman–Crippen MR) is 95.1 cm³/mol. The van der Waals surface area contributed by atoms with Crippen LogP contribution in [0.3, 0.4) is 0 Å². The van der Waals surface area contributed by atoms with Crippen LogP contribution in [0, 0.1) is 0 Å². The fourth-order valence-electron chi connectivity index (χ4n) is 2.60. The molecule has 2 rings (SSSR count). The van der Waals surface area contributed by atoms with Crippen molar-refractivity contribution in [2.75, 3.05) is 20.2 Å². The normalized spacial score (nSPS) is 14.8. The molecule has 0 saturated carbocycles. The zero-order valence-electron chi connectivity index (χ0n) is 15.0. The first-order valence-electron chi connectivity index (χ1n) is 8.45. The van der Waals surface area contributed by atoms with Crippen LogP contribution in [0.1, 0.15) is 38.2 Å². The van der Waals surface area contributed by atoms with Crippen molar-refractivity contribution in [2.45, 2.75) is 32.6 Å². The van der Waals surface area contributed by atoms with Crippen molar-refractivity contribution in [3.05, 3.63) is 23.8 Å². The summed E-state index contributed by atoms with van der Waals surface area (Å²) in [5.74, 6) is -0.0982. The molecular formula is C18H23N3O5. The second-order valence-corrected chi connectivity index (χ2v) is 5.92. The van der Waals surface area contributed by atoms with E-state index in [4.69, 9.17) is 9.47 Å². The van der Waals surface area contributed by atoms with E-state index in [9.17, 15) is 14.4 Å². The van der Waals surface area contributed by atoms with Gasteiger partial charge in [0.15, 0.2) is 11.5 Å². The highest BCUT2D eigenvalue weighted by Crippen LogP contribution is 2.27. The summed E-state index contributed by atoms with van der Waals surface area (Å²) >= 11 is 0. The summed E-state index contributed by atoms with van der Waals surface area (Å²) in [6.45, 7) is 1.91. The number of benzene rings is 1. The monoisotopic (exact) mass is 361 g/mol. The molecule has 1 saturated heterocycles. The fourth-order valence-corrected chi connectivity index (χ4v) is 2.60. The summed E-state index contributed by atoms with van der Waals surface area (Å²) in [4.78, 5) is 36.4. The van der Waals surface area contributed by atoms with Crippen molar-refractivity contribution < 1.29 is 23.9 Å². The van der Waals surface area contributed by atoms with Gasteiger partial charge in [0.05, 0.1) is 13.3 Å².